The third-order valence-corrected chi connectivity index (χ3v) is 4.15. The maximum Gasteiger partial charge on any atom is 0.252 e. The Morgan fingerprint density at radius 2 is 2.08 bits per heavy atom. The summed E-state index contributed by atoms with van der Waals surface area (Å²) in [6.45, 7) is 0.966. The van der Waals surface area contributed by atoms with Gasteiger partial charge in [0.2, 0.25) is 5.91 Å². The van der Waals surface area contributed by atoms with E-state index >= 15 is 0 Å². The molecule has 25 heavy (non-hydrogen) atoms. The molecule has 0 saturated carbocycles. The first-order chi connectivity index (χ1) is 12.3. The molecule has 126 valence electrons. The van der Waals surface area contributed by atoms with Gasteiger partial charge in [0.05, 0.1) is 0 Å². The average Bonchev–Trinajstić information content (AvgIpc) is 3.25. The van der Waals surface area contributed by atoms with Crippen LogP contribution in [0.1, 0.15) is 12.0 Å². The van der Waals surface area contributed by atoms with Gasteiger partial charge in [-0.3, -0.25) is 4.79 Å². The summed E-state index contributed by atoms with van der Waals surface area (Å²) >= 11 is 0. The van der Waals surface area contributed by atoms with Crippen LogP contribution < -0.4 is 5.32 Å². The molecule has 0 aliphatic heterocycles. The monoisotopic (exact) mass is 334 g/mol. The lowest BCUT2D eigenvalue weighted by Gasteiger charge is -2.07. The zero-order chi connectivity index (χ0) is 17.1. The summed E-state index contributed by atoms with van der Waals surface area (Å²) in [4.78, 5) is 20.4. The molecule has 3 aromatic heterocycles. The van der Waals surface area contributed by atoms with Crippen molar-refractivity contribution in [2.75, 3.05) is 6.54 Å². The number of carbonyl (C=O) groups excluding carboxylic acids is 1. The van der Waals surface area contributed by atoms with E-state index in [9.17, 15) is 4.79 Å². The van der Waals surface area contributed by atoms with Gasteiger partial charge in [-0.1, -0.05) is 18.2 Å². The molecule has 7 heteroatoms. The van der Waals surface area contributed by atoms with Gasteiger partial charge in [0.1, 0.15) is 12.9 Å². The van der Waals surface area contributed by atoms with Crippen molar-refractivity contribution in [2.24, 2.45) is 0 Å². The SMILES string of the molecule is O=C(Cn1ccc2ccccc21)NCCCc1cnc2ncnn2c1. The molecular formula is C18H18N6O. The topological polar surface area (TPSA) is 77.1 Å². The lowest BCUT2D eigenvalue weighted by molar-refractivity contribution is -0.121. The van der Waals surface area contributed by atoms with Crippen molar-refractivity contribution in [3.8, 4) is 0 Å². The van der Waals surface area contributed by atoms with Gasteiger partial charge in [-0.25, -0.2) is 9.50 Å². The number of hydrogen-bond donors (Lipinski definition) is 1. The summed E-state index contributed by atoms with van der Waals surface area (Å²) in [6, 6.07) is 10.1. The molecular weight excluding hydrogens is 316 g/mol. The fourth-order valence-corrected chi connectivity index (χ4v) is 2.90. The zero-order valence-corrected chi connectivity index (χ0v) is 13.7. The second-order valence-corrected chi connectivity index (χ2v) is 5.92. The lowest BCUT2D eigenvalue weighted by atomic mass is 10.2. The number of nitrogens with one attached hydrogen (secondary N) is 1. The van der Waals surface area contributed by atoms with E-state index in [-0.39, 0.29) is 5.91 Å². The van der Waals surface area contributed by atoms with E-state index < -0.39 is 0 Å². The Bertz CT molecular complexity index is 1020. The van der Waals surface area contributed by atoms with Gasteiger partial charge in [-0.15, -0.1) is 0 Å². The highest BCUT2D eigenvalue weighted by Crippen LogP contribution is 2.14. The fraction of sp³-hybridized carbons (Fsp3) is 0.222. The van der Waals surface area contributed by atoms with Crippen LogP contribution in [0.25, 0.3) is 16.7 Å². The molecule has 0 radical (unpaired) electrons. The number of carbonyl (C=O) groups is 1. The predicted octanol–water partition coefficient (Wildman–Crippen LogP) is 1.83. The molecule has 0 aliphatic carbocycles. The minimum atomic E-state index is 0.0196. The van der Waals surface area contributed by atoms with Gasteiger partial charge < -0.3 is 9.88 Å². The van der Waals surface area contributed by atoms with Crippen LogP contribution in [0.4, 0.5) is 0 Å². The Balaban J connectivity index is 1.27. The van der Waals surface area contributed by atoms with E-state index in [1.807, 2.05) is 47.3 Å². The molecule has 0 spiro atoms. The van der Waals surface area contributed by atoms with E-state index in [0.717, 1.165) is 29.3 Å². The number of aryl methyl sites for hydroxylation is 1. The van der Waals surface area contributed by atoms with E-state index in [1.54, 1.807) is 10.7 Å². The van der Waals surface area contributed by atoms with Crippen molar-refractivity contribution in [1.29, 1.82) is 0 Å². The van der Waals surface area contributed by atoms with Crippen molar-refractivity contribution >= 4 is 22.6 Å². The standard InChI is InChI=1S/C18H18N6O/c25-17(12-23-9-7-15-5-1-2-6-16(15)23)19-8-3-4-14-10-20-18-21-13-22-24(18)11-14/h1-2,5-7,9-11,13H,3-4,8,12H2,(H,19,25). The van der Waals surface area contributed by atoms with Crippen LogP contribution in [0.15, 0.2) is 55.2 Å². The first-order valence-electron chi connectivity index (χ1n) is 8.24. The highest BCUT2D eigenvalue weighted by Gasteiger charge is 2.06. The van der Waals surface area contributed by atoms with Gasteiger partial charge >= 0.3 is 0 Å². The van der Waals surface area contributed by atoms with Crippen LogP contribution >= 0.6 is 0 Å². The number of aromatic nitrogens is 5. The van der Waals surface area contributed by atoms with E-state index in [0.29, 0.717) is 18.9 Å². The summed E-state index contributed by atoms with van der Waals surface area (Å²) in [5, 5.41) is 8.19. The van der Waals surface area contributed by atoms with Crippen molar-refractivity contribution in [1.82, 2.24) is 29.5 Å². The van der Waals surface area contributed by atoms with Gasteiger partial charge in [0.15, 0.2) is 0 Å². The molecule has 1 N–H and O–H groups in total. The molecule has 1 aromatic carbocycles. The molecule has 7 nitrogen and oxygen atoms in total. The number of fused-ring (bicyclic) bond motifs is 2. The molecule has 4 rings (SSSR count). The highest BCUT2D eigenvalue weighted by molar-refractivity contribution is 5.83. The average molecular weight is 334 g/mol. The molecule has 0 atom stereocenters. The van der Waals surface area contributed by atoms with Crippen molar-refractivity contribution in [3.05, 3.63) is 60.8 Å². The maximum absolute atomic E-state index is 12.1. The van der Waals surface area contributed by atoms with Crippen LogP contribution in [0, 0.1) is 0 Å². The first-order valence-corrected chi connectivity index (χ1v) is 8.24. The fourth-order valence-electron chi connectivity index (χ4n) is 2.90. The van der Waals surface area contributed by atoms with E-state index in [1.165, 1.54) is 6.33 Å². The second kappa shape index (κ2) is 6.72. The Hall–Kier alpha value is -3.22. The van der Waals surface area contributed by atoms with Gasteiger partial charge in [-0.2, -0.15) is 10.1 Å². The van der Waals surface area contributed by atoms with Gasteiger partial charge in [-0.05, 0) is 35.9 Å². The molecule has 0 fully saturated rings. The van der Waals surface area contributed by atoms with Gasteiger partial charge in [0, 0.05) is 30.7 Å². The Labute approximate surface area is 144 Å². The number of nitrogens with zero attached hydrogens (tertiary/aromatic N) is 5. The summed E-state index contributed by atoms with van der Waals surface area (Å²) < 4.78 is 3.62. The second-order valence-electron chi connectivity index (χ2n) is 5.92. The third kappa shape index (κ3) is 3.35. The van der Waals surface area contributed by atoms with Crippen LogP contribution in [0.5, 0.6) is 0 Å². The van der Waals surface area contributed by atoms with Crippen molar-refractivity contribution in [2.45, 2.75) is 19.4 Å². The maximum atomic E-state index is 12.1. The number of amides is 1. The largest absolute Gasteiger partial charge is 0.355 e. The predicted molar refractivity (Wildman–Crippen MR) is 94.1 cm³/mol. The normalized spacial score (nSPS) is 11.2. The Morgan fingerprint density at radius 3 is 3.04 bits per heavy atom. The van der Waals surface area contributed by atoms with E-state index in [4.69, 9.17) is 0 Å². The number of hydrogen-bond acceptors (Lipinski definition) is 4. The Kier molecular flexibility index (Phi) is 4.12. The van der Waals surface area contributed by atoms with E-state index in [2.05, 4.69) is 20.4 Å². The van der Waals surface area contributed by atoms with Crippen molar-refractivity contribution < 1.29 is 4.79 Å². The molecule has 4 aromatic rings. The molecule has 3 heterocycles. The quantitative estimate of drug-likeness (QED) is 0.546. The minimum Gasteiger partial charge on any atom is -0.355 e. The van der Waals surface area contributed by atoms with Crippen molar-refractivity contribution in [3.63, 3.8) is 0 Å². The molecule has 0 unspecified atom stereocenters. The van der Waals surface area contributed by atoms with Crippen LogP contribution in [0.2, 0.25) is 0 Å². The molecule has 0 bridgehead atoms. The van der Waals surface area contributed by atoms with Crippen LogP contribution in [0.3, 0.4) is 0 Å². The summed E-state index contributed by atoms with van der Waals surface area (Å²) in [5.74, 6) is 0.613. The Morgan fingerprint density at radius 1 is 1.16 bits per heavy atom. The number of para-hydroxylation sites is 1. The lowest BCUT2D eigenvalue weighted by Crippen LogP contribution is -2.28. The smallest absolute Gasteiger partial charge is 0.252 e. The zero-order valence-electron chi connectivity index (χ0n) is 13.7. The third-order valence-electron chi connectivity index (χ3n) is 4.15. The molecule has 0 aliphatic rings. The summed E-state index contributed by atoms with van der Waals surface area (Å²) in [6.07, 6.45) is 8.83. The minimum absolute atomic E-state index is 0.0196. The highest BCUT2D eigenvalue weighted by atomic mass is 16.1. The first kappa shape index (κ1) is 15.3. The van der Waals surface area contributed by atoms with Crippen LogP contribution in [-0.4, -0.2) is 36.6 Å². The summed E-state index contributed by atoms with van der Waals surface area (Å²) in [7, 11) is 0. The number of rotatable bonds is 6. The molecule has 1 amide bonds. The number of benzene rings is 1. The van der Waals surface area contributed by atoms with Crippen LogP contribution in [-0.2, 0) is 17.8 Å². The molecule has 0 saturated heterocycles. The van der Waals surface area contributed by atoms with Gasteiger partial charge in [0.25, 0.3) is 5.78 Å². The summed E-state index contributed by atoms with van der Waals surface area (Å²) in [5.41, 5.74) is 2.15.